The Balaban J connectivity index is 2.76. The molecule has 1 amide bonds. The highest BCUT2D eigenvalue weighted by atomic mass is 16.5. The third kappa shape index (κ3) is 3.74. The van der Waals surface area contributed by atoms with E-state index in [9.17, 15) is 14.7 Å². The molecule has 1 aromatic heterocycles. The Morgan fingerprint density at radius 1 is 1.12 bits per heavy atom. The van der Waals surface area contributed by atoms with Gasteiger partial charge in [-0.25, -0.2) is 0 Å². The van der Waals surface area contributed by atoms with Gasteiger partial charge in [0.05, 0.1) is 27.2 Å². The summed E-state index contributed by atoms with van der Waals surface area (Å²) in [7, 11) is 4.38. The molecule has 1 heterocycles. The van der Waals surface area contributed by atoms with Crippen LogP contribution in [-0.4, -0.2) is 32.3 Å². The molecule has 0 fully saturated rings. The number of aryl methyl sites for hydroxylation is 1. The van der Waals surface area contributed by atoms with Gasteiger partial charge in [-0.2, -0.15) is 0 Å². The zero-order valence-corrected chi connectivity index (χ0v) is 15.0. The lowest BCUT2D eigenvalue weighted by Gasteiger charge is -2.21. The molecule has 1 unspecified atom stereocenters. The molecule has 0 radical (unpaired) electrons. The lowest BCUT2D eigenvalue weighted by atomic mass is 9.90. The molecule has 0 aliphatic carbocycles. The van der Waals surface area contributed by atoms with Crippen molar-refractivity contribution >= 4 is 5.91 Å². The summed E-state index contributed by atoms with van der Waals surface area (Å²) in [5.41, 5.74) is 5.21. The topological polar surface area (TPSA) is 121 Å². The Morgan fingerprint density at radius 2 is 1.69 bits per heavy atom. The van der Waals surface area contributed by atoms with Crippen LogP contribution in [0.25, 0.3) is 0 Å². The van der Waals surface area contributed by atoms with Crippen molar-refractivity contribution in [1.29, 1.82) is 0 Å². The Hall–Kier alpha value is -3.16. The van der Waals surface area contributed by atoms with E-state index in [-0.39, 0.29) is 17.9 Å². The van der Waals surface area contributed by atoms with Crippen LogP contribution in [0.5, 0.6) is 23.0 Å². The Kier molecular flexibility index (Phi) is 5.76. The van der Waals surface area contributed by atoms with E-state index in [1.807, 2.05) is 0 Å². The van der Waals surface area contributed by atoms with Gasteiger partial charge in [0.2, 0.25) is 17.1 Å². The molecule has 0 aliphatic heterocycles. The zero-order chi connectivity index (χ0) is 19.4. The molecule has 0 saturated carbocycles. The predicted octanol–water partition coefficient (Wildman–Crippen LogP) is 1.69. The number of nitrogens with two attached hydrogens (primary N) is 1. The van der Waals surface area contributed by atoms with Crippen molar-refractivity contribution in [1.82, 2.24) is 0 Å². The standard InChI is InChI=1S/C18H21NO7/c1-9-5-12(20)17(22)18(26-9)11(7-16(19)21)10-6-14(24-3)15(25-4)8-13(10)23-2/h5-6,8,11,22H,7H2,1-4H3,(H2,19,21). The van der Waals surface area contributed by atoms with Gasteiger partial charge in [0.25, 0.3) is 0 Å². The molecule has 0 aliphatic rings. The van der Waals surface area contributed by atoms with Gasteiger partial charge in [-0.3, -0.25) is 9.59 Å². The van der Waals surface area contributed by atoms with E-state index in [1.54, 1.807) is 19.1 Å². The van der Waals surface area contributed by atoms with Gasteiger partial charge < -0.3 is 29.5 Å². The first-order valence-corrected chi connectivity index (χ1v) is 7.74. The number of hydrogen-bond donors (Lipinski definition) is 2. The first-order chi connectivity index (χ1) is 12.3. The minimum atomic E-state index is -0.852. The van der Waals surface area contributed by atoms with Crippen molar-refractivity contribution < 1.29 is 28.5 Å². The smallest absolute Gasteiger partial charge is 0.227 e. The first kappa shape index (κ1) is 19.2. The van der Waals surface area contributed by atoms with Crippen molar-refractivity contribution in [2.24, 2.45) is 5.73 Å². The minimum Gasteiger partial charge on any atom is -0.502 e. The van der Waals surface area contributed by atoms with Crippen molar-refractivity contribution in [2.45, 2.75) is 19.3 Å². The zero-order valence-electron chi connectivity index (χ0n) is 15.0. The summed E-state index contributed by atoms with van der Waals surface area (Å²) in [6, 6.07) is 4.33. The van der Waals surface area contributed by atoms with Gasteiger partial charge in [0.15, 0.2) is 17.3 Å². The van der Waals surface area contributed by atoms with Gasteiger partial charge in [-0.05, 0) is 13.0 Å². The molecule has 1 atom stereocenters. The van der Waals surface area contributed by atoms with Gasteiger partial charge in [0.1, 0.15) is 11.5 Å². The second-order valence-electron chi connectivity index (χ2n) is 5.61. The third-order valence-electron chi connectivity index (χ3n) is 3.91. The maximum absolute atomic E-state index is 12.0. The van der Waals surface area contributed by atoms with E-state index in [1.165, 1.54) is 21.3 Å². The van der Waals surface area contributed by atoms with E-state index < -0.39 is 23.0 Å². The number of carbonyl (C=O) groups excluding carboxylic acids is 1. The molecule has 2 aromatic rings. The third-order valence-corrected chi connectivity index (χ3v) is 3.91. The van der Waals surface area contributed by atoms with Crippen LogP contribution in [-0.2, 0) is 4.79 Å². The molecule has 8 nitrogen and oxygen atoms in total. The van der Waals surface area contributed by atoms with Crippen LogP contribution in [0.4, 0.5) is 0 Å². The molecule has 8 heteroatoms. The quantitative estimate of drug-likeness (QED) is 0.767. The monoisotopic (exact) mass is 363 g/mol. The van der Waals surface area contributed by atoms with E-state index >= 15 is 0 Å². The average Bonchev–Trinajstić information content (AvgIpc) is 2.61. The lowest BCUT2D eigenvalue weighted by Crippen LogP contribution is -2.18. The maximum atomic E-state index is 12.0. The van der Waals surface area contributed by atoms with Crippen molar-refractivity contribution in [3.8, 4) is 23.0 Å². The van der Waals surface area contributed by atoms with E-state index in [0.29, 0.717) is 22.8 Å². The van der Waals surface area contributed by atoms with Crippen molar-refractivity contribution in [3.63, 3.8) is 0 Å². The Bertz CT molecular complexity index is 873. The van der Waals surface area contributed by atoms with Crippen molar-refractivity contribution in [3.05, 3.63) is 45.5 Å². The fraction of sp³-hybridized carbons (Fsp3) is 0.333. The highest BCUT2D eigenvalue weighted by Gasteiger charge is 2.29. The van der Waals surface area contributed by atoms with Crippen LogP contribution >= 0.6 is 0 Å². The molecule has 0 bridgehead atoms. The SMILES string of the molecule is COc1cc(OC)c(C(CC(N)=O)c2oc(C)cc(=O)c2O)cc1OC. The summed E-state index contributed by atoms with van der Waals surface area (Å²) in [5, 5.41) is 10.2. The number of ether oxygens (including phenoxy) is 3. The highest BCUT2D eigenvalue weighted by Crippen LogP contribution is 2.43. The predicted molar refractivity (Wildman–Crippen MR) is 93.1 cm³/mol. The summed E-state index contributed by atoms with van der Waals surface area (Å²) >= 11 is 0. The average molecular weight is 363 g/mol. The molecular formula is C18H21NO7. The molecule has 0 spiro atoms. The summed E-state index contributed by atoms with van der Waals surface area (Å²) in [5.74, 6) is -0.703. The molecule has 140 valence electrons. The second-order valence-corrected chi connectivity index (χ2v) is 5.61. The number of benzene rings is 1. The Morgan fingerprint density at radius 3 is 2.23 bits per heavy atom. The second kappa shape index (κ2) is 7.81. The number of rotatable bonds is 7. The van der Waals surface area contributed by atoms with Crippen molar-refractivity contribution in [2.75, 3.05) is 21.3 Å². The highest BCUT2D eigenvalue weighted by molar-refractivity contribution is 5.76. The lowest BCUT2D eigenvalue weighted by molar-refractivity contribution is -0.118. The van der Waals surface area contributed by atoms with Crippen LogP contribution in [0.2, 0.25) is 0 Å². The van der Waals surface area contributed by atoms with Crippen LogP contribution in [0.1, 0.15) is 29.4 Å². The number of hydrogen-bond acceptors (Lipinski definition) is 7. The van der Waals surface area contributed by atoms with Crippen LogP contribution in [0, 0.1) is 6.92 Å². The Labute approximate surface area is 150 Å². The molecule has 26 heavy (non-hydrogen) atoms. The number of amides is 1. The fourth-order valence-electron chi connectivity index (χ4n) is 2.73. The van der Waals surface area contributed by atoms with E-state index in [2.05, 4.69) is 0 Å². The molecule has 1 aromatic carbocycles. The summed E-state index contributed by atoms with van der Waals surface area (Å²) in [6.45, 7) is 1.57. The fourth-order valence-corrected chi connectivity index (χ4v) is 2.73. The number of carbonyl (C=O) groups is 1. The summed E-state index contributed by atoms with van der Waals surface area (Å²) < 4.78 is 21.5. The number of aromatic hydroxyl groups is 1. The molecule has 2 rings (SSSR count). The number of primary amides is 1. The summed E-state index contributed by atoms with van der Waals surface area (Å²) in [6.07, 6.45) is -0.216. The normalized spacial score (nSPS) is 11.7. The van der Waals surface area contributed by atoms with Crippen LogP contribution in [0.3, 0.4) is 0 Å². The summed E-state index contributed by atoms with van der Waals surface area (Å²) in [4.78, 5) is 23.6. The van der Waals surface area contributed by atoms with Gasteiger partial charge in [-0.1, -0.05) is 0 Å². The maximum Gasteiger partial charge on any atom is 0.227 e. The van der Waals surface area contributed by atoms with Crippen LogP contribution < -0.4 is 25.4 Å². The van der Waals surface area contributed by atoms with E-state index in [0.717, 1.165) is 6.07 Å². The van der Waals surface area contributed by atoms with Gasteiger partial charge in [-0.15, -0.1) is 0 Å². The minimum absolute atomic E-state index is 0.0701. The van der Waals surface area contributed by atoms with Crippen LogP contribution in [0.15, 0.2) is 27.4 Å². The van der Waals surface area contributed by atoms with Gasteiger partial charge in [0, 0.05) is 24.1 Å². The largest absolute Gasteiger partial charge is 0.502 e. The molecular weight excluding hydrogens is 342 g/mol. The first-order valence-electron chi connectivity index (χ1n) is 7.74. The van der Waals surface area contributed by atoms with Gasteiger partial charge >= 0.3 is 0 Å². The molecule has 3 N–H and O–H groups in total. The number of methoxy groups -OCH3 is 3. The van der Waals surface area contributed by atoms with E-state index in [4.69, 9.17) is 24.4 Å². The molecule has 0 saturated heterocycles.